The van der Waals surface area contributed by atoms with Crippen molar-refractivity contribution < 1.29 is 18.7 Å². The number of nitrogens with zero attached hydrogens (tertiary/aromatic N) is 2. The maximum atomic E-state index is 13.2. The highest BCUT2D eigenvalue weighted by atomic mass is 16.5. The van der Waals surface area contributed by atoms with Crippen molar-refractivity contribution >= 4 is 28.1 Å². The predicted molar refractivity (Wildman–Crippen MR) is 148 cm³/mol. The molecule has 1 aliphatic rings. The van der Waals surface area contributed by atoms with Crippen LogP contribution in [0.3, 0.4) is 0 Å². The maximum Gasteiger partial charge on any atom is 0.246 e. The number of methoxy groups -OCH3 is 1. The number of allylic oxidation sites excluding steroid dienone is 1. The number of carbonyl (C=O) groups is 1. The number of fused-ring (bicyclic) bond motifs is 1. The zero-order valence-electron chi connectivity index (χ0n) is 21.6. The van der Waals surface area contributed by atoms with Gasteiger partial charge < -0.3 is 23.7 Å². The molecule has 0 unspecified atom stereocenters. The highest BCUT2D eigenvalue weighted by Gasteiger charge is 2.21. The fourth-order valence-corrected chi connectivity index (χ4v) is 4.83. The van der Waals surface area contributed by atoms with E-state index in [-0.39, 0.29) is 5.91 Å². The van der Waals surface area contributed by atoms with Crippen LogP contribution >= 0.6 is 0 Å². The molecule has 1 saturated heterocycles. The summed E-state index contributed by atoms with van der Waals surface area (Å²) >= 11 is 0. The zero-order valence-corrected chi connectivity index (χ0v) is 21.6. The smallest absolute Gasteiger partial charge is 0.246 e. The highest BCUT2D eigenvalue weighted by molar-refractivity contribution is 6.00. The molecule has 4 aromatic rings. The molecule has 2 heterocycles. The van der Waals surface area contributed by atoms with Crippen LogP contribution in [0.2, 0.25) is 0 Å². The van der Waals surface area contributed by atoms with E-state index in [0.29, 0.717) is 25.4 Å². The summed E-state index contributed by atoms with van der Waals surface area (Å²) in [4.78, 5) is 17.4. The average molecular weight is 497 g/mol. The number of anilines is 1. The Morgan fingerprint density at radius 3 is 2.51 bits per heavy atom. The Hall–Kier alpha value is -4.19. The van der Waals surface area contributed by atoms with Gasteiger partial charge in [0, 0.05) is 66.6 Å². The topological polar surface area (TPSA) is 55.2 Å². The van der Waals surface area contributed by atoms with Gasteiger partial charge in [-0.1, -0.05) is 36.4 Å². The summed E-state index contributed by atoms with van der Waals surface area (Å²) in [5.74, 6) is 1.57. The molecule has 1 fully saturated rings. The summed E-state index contributed by atoms with van der Waals surface area (Å²) in [6.07, 6.45) is 3.51. The largest absolute Gasteiger partial charge is 0.497 e. The third-order valence-corrected chi connectivity index (χ3v) is 6.83. The molecule has 3 aromatic carbocycles. The van der Waals surface area contributed by atoms with E-state index in [4.69, 9.17) is 13.9 Å². The summed E-state index contributed by atoms with van der Waals surface area (Å²) in [6.45, 7) is 7.33. The monoisotopic (exact) mass is 496 g/mol. The minimum atomic E-state index is 0.0146. The van der Waals surface area contributed by atoms with E-state index in [1.54, 1.807) is 19.4 Å². The molecule has 0 bridgehead atoms. The number of furan rings is 1. The van der Waals surface area contributed by atoms with Gasteiger partial charge in [-0.2, -0.15) is 0 Å². The third kappa shape index (κ3) is 5.19. The van der Waals surface area contributed by atoms with Crippen LogP contribution in [-0.2, 0) is 4.79 Å². The Balaban J connectivity index is 1.37. The first-order chi connectivity index (χ1) is 18.1. The van der Waals surface area contributed by atoms with Gasteiger partial charge in [0.05, 0.1) is 20.0 Å². The first-order valence-electron chi connectivity index (χ1n) is 12.7. The van der Waals surface area contributed by atoms with Crippen LogP contribution in [0.1, 0.15) is 19.4 Å². The summed E-state index contributed by atoms with van der Waals surface area (Å²) in [5.41, 5.74) is 5.75. The van der Waals surface area contributed by atoms with Crippen molar-refractivity contribution in [2.24, 2.45) is 0 Å². The predicted octanol–water partition coefficient (Wildman–Crippen LogP) is 6.26. The molecule has 37 heavy (non-hydrogen) atoms. The van der Waals surface area contributed by atoms with E-state index in [2.05, 4.69) is 29.2 Å². The Morgan fingerprint density at radius 2 is 1.78 bits per heavy atom. The van der Waals surface area contributed by atoms with Crippen molar-refractivity contribution in [1.29, 1.82) is 0 Å². The van der Waals surface area contributed by atoms with Gasteiger partial charge in [-0.15, -0.1) is 0 Å². The van der Waals surface area contributed by atoms with Crippen molar-refractivity contribution in [3.05, 3.63) is 84.6 Å². The molecule has 6 nitrogen and oxygen atoms in total. The Bertz CT molecular complexity index is 1420. The van der Waals surface area contributed by atoms with Gasteiger partial charge in [-0.3, -0.25) is 4.79 Å². The second-order valence-electron chi connectivity index (χ2n) is 9.13. The van der Waals surface area contributed by atoms with E-state index in [9.17, 15) is 4.79 Å². The van der Waals surface area contributed by atoms with E-state index < -0.39 is 0 Å². The van der Waals surface area contributed by atoms with Crippen LogP contribution in [0.4, 0.5) is 5.69 Å². The Labute approximate surface area is 217 Å². The summed E-state index contributed by atoms with van der Waals surface area (Å²) in [5, 5.41) is 0.997. The number of piperazine rings is 1. The molecule has 1 aliphatic heterocycles. The van der Waals surface area contributed by atoms with Crippen LogP contribution in [-0.4, -0.2) is 50.7 Å². The van der Waals surface area contributed by atoms with Gasteiger partial charge in [0.2, 0.25) is 5.91 Å². The average Bonchev–Trinajstić information content (AvgIpc) is 3.36. The van der Waals surface area contributed by atoms with Crippen LogP contribution in [0.5, 0.6) is 11.5 Å². The quantitative estimate of drug-likeness (QED) is 0.283. The van der Waals surface area contributed by atoms with Gasteiger partial charge in [-0.05, 0) is 43.2 Å². The summed E-state index contributed by atoms with van der Waals surface area (Å²) in [6, 6.07) is 22.2. The lowest BCUT2D eigenvalue weighted by molar-refractivity contribution is -0.126. The molecule has 0 N–H and O–H groups in total. The maximum absolute atomic E-state index is 13.2. The lowest BCUT2D eigenvalue weighted by Crippen LogP contribution is -2.48. The molecule has 5 rings (SSSR count). The standard InChI is InChI=1S/C31H32N2O4/c1-4-36-29-20-30-27(28(21-37-30)23-9-6-5-7-10-23)19-26(29)22(2)17-31(34)33-15-13-32(14-16-33)24-11-8-12-25(18-24)35-3/h5-12,17-21H,4,13-16H2,1-3H3/b22-17+. The SMILES string of the molecule is CCOc1cc2occ(-c3ccccc3)c2cc1/C(C)=C/C(=O)N1CCN(c2cccc(OC)c2)CC1. The number of rotatable bonds is 7. The number of amides is 1. The Kier molecular flexibility index (Phi) is 7.17. The summed E-state index contributed by atoms with van der Waals surface area (Å²) < 4.78 is 17.2. The normalized spacial score (nSPS) is 14.2. The zero-order chi connectivity index (χ0) is 25.8. The van der Waals surface area contributed by atoms with E-state index in [1.807, 2.05) is 61.2 Å². The molecule has 0 spiro atoms. The summed E-state index contributed by atoms with van der Waals surface area (Å²) in [7, 11) is 1.67. The van der Waals surface area contributed by atoms with Gasteiger partial charge in [0.25, 0.3) is 0 Å². The van der Waals surface area contributed by atoms with Crippen molar-refractivity contribution in [3.8, 4) is 22.6 Å². The van der Waals surface area contributed by atoms with Crippen molar-refractivity contribution in [1.82, 2.24) is 4.90 Å². The van der Waals surface area contributed by atoms with E-state index in [1.165, 1.54) is 0 Å². The molecule has 0 atom stereocenters. The van der Waals surface area contributed by atoms with Gasteiger partial charge in [-0.25, -0.2) is 0 Å². The Morgan fingerprint density at radius 1 is 1.00 bits per heavy atom. The van der Waals surface area contributed by atoms with Crippen LogP contribution in [0.25, 0.3) is 27.7 Å². The van der Waals surface area contributed by atoms with E-state index >= 15 is 0 Å². The molecule has 1 aromatic heterocycles. The number of benzene rings is 3. The molecular formula is C31H32N2O4. The molecule has 1 amide bonds. The van der Waals surface area contributed by atoms with Crippen molar-refractivity contribution in [3.63, 3.8) is 0 Å². The van der Waals surface area contributed by atoms with Crippen LogP contribution < -0.4 is 14.4 Å². The molecular weight excluding hydrogens is 464 g/mol. The van der Waals surface area contributed by atoms with Gasteiger partial charge in [0.15, 0.2) is 0 Å². The van der Waals surface area contributed by atoms with Gasteiger partial charge >= 0.3 is 0 Å². The first kappa shape index (κ1) is 24.5. The van der Waals surface area contributed by atoms with E-state index in [0.717, 1.165) is 57.8 Å². The number of hydrogen-bond acceptors (Lipinski definition) is 5. The second kappa shape index (κ2) is 10.8. The third-order valence-electron chi connectivity index (χ3n) is 6.83. The lowest BCUT2D eigenvalue weighted by atomic mass is 9.99. The second-order valence-corrected chi connectivity index (χ2v) is 9.13. The molecule has 6 heteroatoms. The van der Waals surface area contributed by atoms with Crippen molar-refractivity contribution in [2.45, 2.75) is 13.8 Å². The molecule has 0 aliphatic carbocycles. The fourth-order valence-electron chi connectivity index (χ4n) is 4.83. The van der Waals surface area contributed by atoms with Gasteiger partial charge in [0.1, 0.15) is 17.1 Å². The minimum absolute atomic E-state index is 0.0146. The highest BCUT2D eigenvalue weighted by Crippen LogP contribution is 2.37. The molecule has 0 radical (unpaired) electrons. The van der Waals surface area contributed by atoms with Crippen LogP contribution in [0.15, 0.2) is 83.5 Å². The fraction of sp³-hybridized carbons (Fsp3) is 0.258. The van der Waals surface area contributed by atoms with Crippen LogP contribution in [0, 0.1) is 0 Å². The molecule has 0 saturated carbocycles. The molecule has 190 valence electrons. The number of hydrogen-bond donors (Lipinski definition) is 0. The first-order valence-corrected chi connectivity index (χ1v) is 12.7. The number of carbonyl (C=O) groups excluding carboxylic acids is 1. The minimum Gasteiger partial charge on any atom is -0.497 e. The van der Waals surface area contributed by atoms with Crippen molar-refractivity contribution in [2.75, 3.05) is 44.8 Å². The lowest BCUT2D eigenvalue weighted by Gasteiger charge is -2.35. The number of ether oxygens (including phenoxy) is 2.